The van der Waals surface area contributed by atoms with Crippen LogP contribution in [0.3, 0.4) is 0 Å². The Morgan fingerprint density at radius 3 is 2.79 bits per heavy atom. The van der Waals surface area contributed by atoms with Gasteiger partial charge in [0, 0.05) is 11.6 Å². The average Bonchev–Trinajstić information content (AvgIpc) is 2.36. The minimum Gasteiger partial charge on any atom is -0.287 e. The number of benzene rings is 1. The molecule has 0 aliphatic heterocycles. The van der Waals surface area contributed by atoms with Crippen molar-refractivity contribution in [2.45, 2.75) is 32.0 Å². The van der Waals surface area contributed by atoms with Crippen LogP contribution in [0, 0.1) is 5.92 Å². The highest BCUT2D eigenvalue weighted by atomic mass is 35.5. The Balaban J connectivity index is 2.59. The first-order chi connectivity index (χ1) is 9.02. The summed E-state index contributed by atoms with van der Waals surface area (Å²) in [7, 11) is 0. The summed E-state index contributed by atoms with van der Waals surface area (Å²) in [5, 5.41) is 1.98. The summed E-state index contributed by atoms with van der Waals surface area (Å²) in [6.07, 6.45) is 2.90. The molecule has 0 amide bonds. The Labute approximate surface area is 122 Å². The van der Waals surface area contributed by atoms with Gasteiger partial charge < -0.3 is 0 Å². The molecule has 0 aliphatic carbocycles. The summed E-state index contributed by atoms with van der Waals surface area (Å²) in [4.78, 5) is 17.0. The van der Waals surface area contributed by atoms with Crippen LogP contribution in [0.1, 0.15) is 20.3 Å². The highest BCUT2D eigenvalue weighted by molar-refractivity contribution is 7.98. The molecule has 0 saturated carbocycles. The smallest absolute Gasteiger partial charge is 0.262 e. The summed E-state index contributed by atoms with van der Waals surface area (Å²) in [5.74, 6) is 0.558. The number of hydrogen-bond acceptors (Lipinski definition) is 3. The van der Waals surface area contributed by atoms with Gasteiger partial charge in [0.15, 0.2) is 5.16 Å². The molecule has 1 aromatic carbocycles. The van der Waals surface area contributed by atoms with Gasteiger partial charge in [0.1, 0.15) is 0 Å². The van der Waals surface area contributed by atoms with E-state index in [0.29, 0.717) is 28.4 Å². The highest BCUT2D eigenvalue weighted by Crippen LogP contribution is 2.19. The largest absolute Gasteiger partial charge is 0.287 e. The third-order valence-corrected chi connectivity index (χ3v) is 3.91. The van der Waals surface area contributed by atoms with Gasteiger partial charge in [-0.2, -0.15) is 0 Å². The minimum absolute atomic E-state index is 0.0201. The van der Waals surface area contributed by atoms with Crippen molar-refractivity contribution in [3.63, 3.8) is 0 Å². The summed E-state index contributed by atoms with van der Waals surface area (Å²) in [6.45, 7) is 5.01. The Hall–Kier alpha value is -1.00. The molecule has 3 nitrogen and oxygen atoms in total. The van der Waals surface area contributed by atoms with Gasteiger partial charge in [-0.05, 0) is 36.8 Å². The molecule has 0 N–H and O–H groups in total. The van der Waals surface area contributed by atoms with E-state index in [0.717, 1.165) is 11.6 Å². The fourth-order valence-corrected chi connectivity index (χ4v) is 2.66. The molecular formula is C14H17ClN2OS. The van der Waals surface area contributed by atoms with Gasteiger partial charge in [-0.1, -0.05) is 37.2 Å². The number of rotatable bonds is 4. The molecule has 0 spiro atoms. The van der Waals surface area contributed by atoms with E-state index in [9.17, 15) is 4.79 Å². The number of thioether (sulfide) groups is 1. The summed E-state index contributed by atoms with van der Waals surface area (Å²) in [5.41, 5.74) is 0.689. The van der Waals surface area contributed by atoms with E-state index >= 15 is 0 Å². The van der Waals surface area contributed by atoms with Crippen molar-refractivity contribution >= 4 is 34.3 Å². The molecule has 1 aromatic heterocycles. The number of nitrogens with zero attached hydrogens (tertiary/aromatic N) is 2. The lowest BCUT2D eigenvalue weighted by atomic mass is 10.1. The molecule has 0 unspecified atom stereocenters. The fraction of sp³-hybridized carbons (Fsp3) is 0.429. The van der Waals surface area contributed by atoms with E-state index in [1.54, 1.807) is 22.8 Å². The summed E-state index contributed by atoms with van der Waals surface area (Å²) < 4.78 is 1.76. The van der Waals surface area contributed by atoms with Gasteiger partial charge in [-0.15, -0.1) is 0 Å². The van der Waals surface area contributed by atoms with Crippen molar-refractivity contribution in [1.82, 2.24) is 9.55 Å². The third kappa shape index (κ3) is 3.12. The second kappa shape index (κ2) is 5.97. The first-order valence-electron chi connectivity index (χ1n) is 6.27. The molecule has 0 bridgehead atoms. The number of aromatic nitrogens is 2. The minimum atomic E-state index is 0.0201. The zero-order chi connectivity index (χ0) is 14.0. The van der Waals surface area contributed by atoms with Crippen LogP contribution in [0.5, 0.6) is 0 Å². The van der Waals surface area contributed by atoms with E-state index in [-0.39, 0.29) is 5.56 Å². The number of hydrogen-bond donors (Lipinski definition) is 0. The van der Waals surface area contributed by atoms with E-state index < -0.39 is 0 Å². The zero-order valence-electron chi connectivity index (χ0n) is 11.3. The molecule has 0 aliphatic rings. The normalized spacial score (nSPS) is 11.4. The van der Waals surface area contributed by atoms with Gasteiger partial charge >= 0.3 is 0 Å². The van der Waals surface area contributed by atoms with Crippen molar-refractivity contribution in [2.24, 2.45) is 5.92 Å². The second-order valence-corrected chi connectivity index (χ2v) is 6.11. The number of fused-ring (bicyclic) bond motifs is 1. The third-order valence-electron chi connectivity index (χ3n) is 2.99. The molecule has 0 fully saturated rings. The Kier molecular flexibility index (Phi) is 4.53. The molecule has 2 rings (SSSR count). The summed E-state index contributed by atoms with van der Waals surface area (Å²) in [6, 6.07) is 5.23. The predicted molar refractivity (Wildman–Crippen MR) is 82.2 cm³/mol. The predicted octanol–water partition coefficient (Wildman–Crippen LogP) is 3.82. The maximum atomic E-state index is 12.5. The average molecular weight is 297 g/mol. The van der Waals surface area contributed by atoms with Gasteiger partial charge in [0.05, 0.1) is 10.9 Å². The Bertz CT molecular complexity index is 652. The Morgan fingerprint density at radius 1 is 1.42 bits per heavy atom. The quantitative estimate of drug-likeness (QED) is 0.635. The van der Waals surface area contributed by atoms with Crippen molar-refractivity contribution in [3.8, 4) is 0 Å². The van der Waals surface area contributed by atoms with Crippen LogP contribution in [-0.4, -0.2) is 15.8 Å². The summed E-state index contributed by atoms with van der Waals surface area (Å²) >= 11 is 7.44. The molecular weight excluding hydrogens is 280 g/mol. The van der Waals surface area contributed by atoms with E-state index in [1.165, 1.54) is 11.8 Å². The monoisotopic (exact) mass is 296 g/mol. The van der Waals surface area contributed by atoms with Crippen LogP contribution < -0.4 is 5.56 Å². The van der Waals surface area contributed by atoms with Crippen molar-refractivity contribution < 1.29 is 0 Å². The molecule has 0 atom stereocenters. The van der Waals surface area contributed by atoms with E-state index in [2.05, 4.69) is 18.8 Å². The van der Waals surface area contributed by atoms with Crippen LogP contribution in [0.25, 0.3) is 10.9 Å². The maximum absolute atomic E-state index is 12.5. The van der Waals surface area contributed by atoms with Crippen LogP contribution in [0.15, 0.2) is 28.2 Å². The van der Waals surface area contributed by atoms with Gasteiger partial charge in [0.2, 0.25) is 0 Å². The second-order valence-electron chi connectivity index (χ2n) is 4.90. The number of halogens is 1. The van der Waals surface area contributed by atoms with Crippen molar-refractivity contribution in [3.05, 3.63) is 33.6 Å². The van der Waals surface area contributed by atoms with E-state index in [4.69, 9.17) is 11.6 Å². The lowest BCUT2D eigenvalue weighted by molar-refractivity contribution is 0.481. The standard InChI is InChI=1S/C14H17ClN2OS/c1-9(2)6-7-17-13(18)11-5-4-10(15)8-12(11)16-14(17)19-3/h4-5,8-9H,6-7H2,1-3H3. The van der Waals surface area contributed by atoms with Crippen LogP contribution in [0.2, 0.25) is 5.02 Å². The first-order valence-corrected chi connectivity index (χ1v) is 7.87. The lowest BCUT2D eigenvalue weighted by Crippen LogP contribution is -2.24. The highest BCUT2D eigenvalue weighted by Gasteiger charge is 2.11. The van der Waals surface area contributed by atoms with Crippen LogP contribution >= 0.6 is 23.4 Å². The molecule has 2 aromatic rings. The molecule has 102 valence electrons. The van der Waals surface area contributed by atoms with Crippen molar-refractivity contribution in [1.29, 1.82) is 0 Å². The van der Waals surface area contributed by atoms with Crippen molar-refractivity contribution in [2.75, 3.05) is 6.26 Å². The first kappa shape index (κ1) is 14.4. The molecule has 1 heterocycles. The van der Waals surface area contributed by atoms with Crippen LogP contribution in [-0.2, 0) is 6.54 Å². The Morgan fingerprint density at radius 2 is 2.16 bits per heavy atom. The zero-order valence-corrected chi connectivity index (χ0v) is 12.9. The lowest BCUT2D eigenvalue weighted by Gasteiger charge is -2.13. The molecule has 5 heteroatoms. The van der Waals surface area contributed by atoms with Crippen LogP contribution in [0.4, 0.5) is 0 Å². The topological polar surface area (TPSA) is 34.9 Å². The van der Waals surface area contributed by atoms with Gasteiger partial charge in [-0.3, -0.25) is 9.36 Å². The van der Waals surface area contributed by atoms with Gasteiger partial charge in [0.25, 0.3) is 5.56 Å². The molecule has 19 heavy (non-hydrogen) atoms. The van der Waals surface area contributed by atoms with Gasteiger partial charge in [-0.25, -0.2) is 4.98 Å². The van der Waals surface area contributed by atoms with E-state index in [1.807, 2.05) is 6.26 Å². The maximum Gasteiger partial charge on any atom is 0.262 e. The fourth-order valence-electron chi connectivity index (χ4n) is 1.91. The molecule has 0 saturated heterocycles. The molecule has 0 radical (unpaired) electrons. The SMILES string of the molecule is CSc1nc2cc(Cl)ccc2c(=O)n1CCC(C)C.